The summed E-state index contributed by atoms with van der Waals surface area (Å²) in [5, 5.41) is 0. The fourth-order valence-corrected chi connectivity index (χ4v) is 0. The van der Waals surface area contributed by atoms with Crippen molar-refractivity contribution in [3.05, 3.63) is 0 Å². The minimum atomic E-state index is -5.62. The predicted octanol–water partition coefficient (Wildman–Crippen LogP) is -5.71. The van der Waals surface area contributed by atoms with Gasteiger partial charge in [-0.25, -0.2) is 0 Å². The van der Waals surface area contributed by atoms with Crippen molar-refractivity contribution in [1.82, 2.24) is 0 Å². The van der Waals surface area contributed by atoms with E-state index < -0.39 is 24.9 Å². The Bertz CT molecular complexity index is 198. The molecule has 0 aromatic carbocycles. The van der Waals surface area contributed by atoms with Crippen LogP contribution in [0.5, 0.6) is 0 Å². The monoisotopic (exact) mass is 320 g/mol. The molecule has 0 radical (unpaired) electrons. The van der Waals surface area contributed by atoms with Gasteiger partial charge in [-0.3, -0.25) is 8.42 Å². The van der Waals surface area contributed by atoms with Crippen molar-refractivity contribution >= 4 is 80.0 Å². The summed E-state index contributed by atoms with van der Waals surface area (Å²) in [7, 11) is -5.17. The van der Waals surface area contributed by atoms with Crippen LogP contribution in [0.2, 0.25) is 0 Å². The smallest absolute Gasteiger partial charge is 0.870 e. The van der Waals surface area contributed by atoms with Crippen LogP contribution in [0.25, 0.3) is 0 Å². The Morgan fingerprint density at radius 1 is 1.15 bits per heavy atom. The largest absolute Gasteiger partial charge is 3.00 e. The zero-order valence-electron chi connectivity index (χ0n) is 5.89. The molecule has 0 rings (SSSR count). The van der Waals surface area contributed by atoms with Gasteiger partial charge < -0.3 is 14.6 Å². The first kappa shape index (κ1) is 29.4. The van der Waals surface area contributed by atoms with Crippen molar-refractivity contribution in [3.8, 4) is 0 Å². The first-order chi connectivity index (χ1) is 4.00. The van der Waals surface area contributed by atoms with Crippen molar-refractivity contribution in [2.75, 3.05) is 0 Å². The minimum Gasteiger partial charge on any atom is -0.870 e. The summed E-state index contributed by atoms with van der Waals surface area (Å²) in [4.78, 5) is 0. The Hall–Kier alpha value is 1.86. The molecule has 0 aliphatic heterocycles. The van der Waals surface area contributed by atoms with Crippen molar-refractivity contribution in [2.24, 2.45) is 0 Å². The molecule has 13 heavy (non-hydrogen) atoms. The molecule has 0 spiro atoms. The van der Waals surface area contributed by atoms with Crippen LogP contribution >= 0.6 is 0 Å². The van der Waals surface area contributed by atoms with Gasteiger partial charge in [0.05, 0.1) is 0 Å². The molecule has 0 bridgehead atoms. The van der Waals surface area contributed by atoms with E-state index in [0.717, 1.165) is 0 Å². The van der Waals surface area contributed by atoms with E-state index in [1.165, 1.54) is 0 Å². The number of rotatable bonds is 0. The van der Waals surface area contributed by atoms with E-state index in [-0.39, 0.29) is 60.6 Å². The summed E-state index contributed by atoms with van der Waals surface area (Å²) in [5.74, 6) is 0. The maximum Gasteiger partial charge on any atom is 3.00 e. The summed E-state index contributed by atoms with van der Waals surface area (Å²) in [6, 6.07) is 0. The molecule has 0 aliphatic carbocycles. The maximum absolute atomic E-state index is 8.72. The molecule has 9 nitrogen and oxygen atoms in total. The van der Waals surface area contributed by atoms with E-state index in [9.17, 15) is 0 Å². The molecule has 0 amide bonds. The van der Waals surface area contributed by atoms with Crippen LogP contribution in [-0.4, -0.2) is 96.7 Å². The van der Waals surface area contributed by atoms with Crippen molar-refractivity contribution in [1.29, 1.82) is 0 Å². The molecule has 72 valence electrons. The van der Waals surface area contributed by atoms with Gasteiger partial charge in [0.25, 0.3) is 0 Å². The van der Waals surface area contributed by atoms with E-state index in [1.54, 1.807) is 0 Å². The van der Waals surface area contributed by atoms with Gasteiger partial charge in [-0.1, -0.05) is 0 Å². The predicted molar refractivity (Wildman–Crippen MR) is 32.6 cm³/mol. The molecule has 0 saturated heterocycles. The summed E-state index contributed by atoms with van der Waals surface area (Å²) in [5.41, 5.74) is 0. The summed E-state index contributed by atoms with van der Waals surface area (Å²) < 4.78 is 67.3. The zero-order valence-corrected chi connectivity index (χ0v) is 11.9. The maximum atomic E-state index is 8.72. The van der Waals surface area contributed by atoms with Crippen LogP contribution in [0.4, 0.5) is 0 Å². The van der Waals surface area contributed by atoms with Crippen molar-refractivity contribution in [3.63, 3.8) is 0 Å². The molecule has 0 aromatic heterocycles. The van der Waals surface area contributed by atoms with E-state index >= 15 is 0 Å². The van der Waals surface area contributed by atoms with Crippen LogP contribution in [-0.2, 0) is 14.1 Å². The molecule has 0 aliphatic rings. The average Bonchev–Trinajstić information content (AvgIpc) is 1.12. The first-order valence-corrected chi connectivity index (χ1v) is 5.89. The van der Waals surface area contributed by atoms with Gasteiger partial charge in [0.15, 0.2) is 0 Å². The molecular weight excluding hydrogens is 318 g/mol. The molecular formula is H2AlAsCaO9S. The molecule has 0 heterocycles. The van der Waals surface area contributed by atoms with Crippen LogP contribution in [0.1, 0.15) is 0 Å². The topological polar surface area (TPSA) is 194 Å². The van der Waals surface area contributed by atoms with Gasteiger partial charge in [0.1, 0.15) is 0 Å². The Morgan fingerprint density at radius 3 is 1.15 bits per heavy atom. The molecule has 0 unspecified atom stereocenters. The average molecular weight is 320 g/mol. The third kappa shape index (κ3) is 563. The van der Waals surface area contributed by atoms with Crippen LogP contribution in [0.15, 0.2) is 0 Å². The molecule has 0 saturated carbocycles. The van der Waals surface area contributed by atoms with Crippen LogP contribution in [0.3, 0.4) is 0 Å². The Morgan fingerprint density at radius 2 is 1.15 bits per heavy atom. The molecule has 0 fully saturated rings. The van der Waals surface area contributed by atoms with Gasteiger partial charge in [-0.05, 0) is 0 Å². The summed E-state index contributed by atoms with van der Waals surface area (Å²) >= 11 is -5.62. The van der Waals surface area contributed by atoms with E-state index in [0.29, 0.717) is 0 Å². The van der Waals surface area contributed by atoms with E-state index in [4.69, 9.17) is 33.5 Å². The Labute approximate surface area is 118 Å². The van der Waals surface area contributed by atoms with E-state index in [1.807, 2.05) is 0 Å². The number of hydrogen-bond donors (Lipinski definition) is 1. The molecule has 0 atom stereocenters. The van der Waals surface area contributed by atoms with Crippen LogP contribution < -0.4 is 8.19 Å². The zero-order chi connectivity index (χ0) is 9.00. The Kier molecular flexibility index (Phi) is 27.0. The third-order valence-electron chi connectivity index (χ3n) is 0. The molecule has 2 N–H and O–H groups in total. The van der Waals surface area contributed by atoms with Gasteiger partial charge in [-0.2, -0.15) is 0 Å². The summed E-state index contributed by atoms with van der Waals surface area (Å²) in [6.45, 7) is 0. The molecule has 0 aromatic rings. The normalized spacial score (nSPS) is 9.00. The second-order valence-electron chi connectivity index (χ2n) is 0.877. The van der Waals surface area contributed by atoms with Crippen molar-refractivity contribution < 1.29 is 39.0 Å². The molecule has 13 heteroatoms. The quantitative estimate of drug-likeness (QED) is 0.257. The second kappa shape index (κ2) is 11.9. The third-order valence-corrected chi connectivity index (χ3v) is 0. The SMILES string of the molecule is O=S(=O)([O-])[O-].O=[As]([O-])([O-])O.[Al+3].[Ca+2].[OH-]. The number of hydrogen-bond acceptors (Lipinski definition) is 8. The van der Waals surface area contributed by atoms with E-state index in [2.05, 4.69) is 0 Å². The Balaban J connectivity index is -0.0000000267. The first-order valence-electron chi connectivity index (χ1n) is 1.41. The van der Waals surface area contributed by atoms with Gasteiger partial charge >= 0.3 is 85.6 Å². The summed E-state index contributed by atoms with van der Waals surface area (Å²) in [6.07, 6.45) is 0. The van der Waals surface area contributed by atoms with Gasteiger partial charge in [0, 0.05) is 10.4 Å². The standard InChI is InChI=1S/Al.AsH3O4.Ca.H2O4S.H2O/c;2-1(3,4)5;;1-5(2,3)4;/h;(H3,2,3,4,5);;(H2,1,2,3,4);1H2/q+3;;+2;;/p-5. The van der Waals surface area contributed by atoms with Gasteiger partial charge in [-0.15, -0.1) is 0 Å². The van der Waals surface area contributed by atoms with Gasteiger partial charge in [0.2, 0.25) is 0 Å². The second-order valence-corrected chi connectivity index (χ2v) is 3.66. The van der Waals surface area contributed by atoms with Crippen molar-refractivity contribution in [2.45, 2.75) is 0 Å². The van der Waals surface area contributed by atoms with Crippen LogP contribution in [0, 0.1) is 0 Å². The fourth-order valence-electron chi connectivity index (χ4n) is 0. The fraction of sp³-hybridized carbons (Fsp3) is 0. The minimum absolute atomic E-state index is 0.